The second-order valence-electron chi connectivity index (χ2n) is 5.74. The van der Waals surface area contributed by atoms with Gasteiger partial charge in [0, 0.05) is 24.4 Å². The van der Waals surface area contributed by atoms with Crippen LogP contribution in [0.2, 0.25) is 5.02 Å². The Morgan fingerprint density at radius 1 is 1.29 bits per heavy atom. The van der Waals surface area contributed by atoms with E-state index in [-0.39, 0.29) is 20.6 Å². The molecule has 0 unspecified atom stereocenters. The third-order valence-corrected chi connectivity index (χ3v) is 7.51. The quantitative estimate of drug-likeness (QED) is 0.851. The van der Waals surface area contributed by atoms with Gasteiger partial charge in [-0.05, 0) is 37.5 Å². The minimum atomic E-state index is -3.71. The first-order valence-electron chi connectivity index (χ1n) is 7.67. The van der Waals surface area contributed by atoms with Gasteiger partial charge in [0.25, 0.3) is 5.91 Å². The predicted molar refractivity (Wildman–Crippen MR) is 92.8 cm³/mol. The summed E-state index contributed by atoms with van der Waals surface area (Å²) in [6.45, 7) is 0.922. The molecule has 2 aliphatic heterocycles. The van der Waals surface area contributed by atoms with Gasteiger partial charge in [-0.15, -0.1) is 0 Å². The van der Waals surface area contributed by atoms with E-state index in [2.05, 4.69) is 5.32 Å². The zero-order valence-electron chi connectivity index (χ0n) is 12.8. The molecule has 0 spiro atoms. The maximum absolute atomic E-state index is 12.7. The Bertz CT molecular complexity index is 776. The summed E-state index contributed by atoms with van der Waals surface area (Å²) in [4.78, 5) is 23.9. The summed E-state index contributed by atoms with van der Waals surface area (Å²) in [6, 6.07) is 3.65. The normalized spacial score (nSPS) is 22.0. The highest BCUT2D eigenvalue weighted by Gasteiger charge is 2.31. The lowest BCUT2D eigenvalue weighted by atomic mass is 10.2. The molecule has 1 atom stereocenters. The summed E-state index contributed by atoms with van der Waals surface area (Å²) in [7, 11) is -3.71. The molecule has 2 heterocycles. The van der Waals surface area contributed by atoms with Crippen LogP contribution in [-0.2, 0) is 14.8 Å². The van der Waals surface area contributed by atoms with E-state index in [1.54, 1.807) is 0 Å². The number of hydrogen-bond donors (Lipinski definition) is 1. The number of carbonyl (C=O) groups excluding carboxylic acids is 2. The largest absolute Gasteiger partial charge is 0.341 e. The number of halogens is 1. The molecule has 0 bridgehead atoms. The van der Waals surface area contributed by atoms with Crippen molar-refractivity contribution in [1.82, 2.24) is 9.62 Å². The Hall–Kier alpha value is -1.09. The first-order chi connectivity index (χ1) is 11.4. The zero-order valence-corrected chi connectivity index (χ0v) is 15.2. The average Bonchev–Trinajstić information content (AvgIpc) is 3.20. The number of rotatable bonds is 4. The van der Waals surface area contributed by atoms with Crippen molar-refractivity contribution in [1.29, 1.82) is 0 Å². The summed E-state index contributed by atoms with van der Waals surface area (Å²) in [5, 5.41) is 2.67. The molecule has 0 aliphatic carbocycles. The third kappa shape index (κ3) is 3.46. The van der Waals surface area contributed by atoms with E-state index < -0.39 is 22.0 Å². The molecule has 0 aromatic heterocycles. The predicted octanol–water partition coefficient (Wildman–Crippen LogP) is 1.89. The summed E-state index contributed by atoms with van der Waals surface area (Å²) in [6.07, 6.45) is 2.22. The standard InChI is InChI=1S/C15H17ClN2O4S2/c16-11-4-3-10(14(19)17-12-5-8-23-15(12)20)9-13(11)24(21,22)18-6-1-2-7-18/h3-4,9,12H,1-2,5-8H2,(H,17,19)/t12-/m0/s1. The summed E-state index contributed by atoms with van der Waals surface area (Å²) < 4.78 is 26.7. The van der Waals surface area contributed by atoms with Crippen LogP contribution in [0.5, 0.6) is 0 Å². The first-order valence-corrected chi connectivity index (χ1v) is 10.5. The molecular formula is C15H17ClN2O4S2. The van der Waals surface area contributed by atoms with Gasteiger partial charge < -0.3 is 5.32 Å². The van der Waals surface area contributed by atoms with Gasteiger partial charge in [0.1, 0.15) is 4.90 Å². The number of sulfonamides is 1. The Morgan fingerprint density at radius 2 is 2.00 bits per heavy atom. The Balaban J connectivity index is 1.85. The van der Waals surface area contributed by atoms with Crippen molar-refractivity contribution in [2.45, 2.75) is 30.2 Å². The summed E-state index contributed by atoms with van der Waals surface area (Å²) >= 11 is 7.25. The Morgan fingerprint density at radius 3 is 2.62 bits per heavy atom. The van der Waals surface area contributed by atoms with Gasteiger partial charge in [-0.1, -0.05) is 23.4 Å². The maximum atomic E-state index is 12.7. The number of thioether (sulfide) groups is 1. The van der Waals surface area contributed by atoms with Crippen LogP contribution in [0.3, 0.4) is 0 Å². The molecule has 1 aromatic rings. The van der Waals surface area contributed by atoms with Crippen LogP contribution >= 0.6 is 23.4 Å². The molecule has 130 valence electrons. The third-order valence-electron chi connectivity index (χ3n) is 4.12. The molecule has 2 saturated heterocycles. The fourth-order valence-electron chi connectivity index (χ4n) is 2.78. The van der Waals surface area contributed by atoms with Crippen molar-refractivity contribution < 1.29 is 18.0 Å². The topological polar surface area (TPSA) is 83.5 Å². The van der Waals surface area contributed by atoms with Crippen LogP contribution in [0.4, 0.5) is 0 Å². The van der Waals surface area contributed by atoms with Crippen molar-refractivity contribution in [3.63, 3.8) is 0 Å². The van der Waals surface area contributed by atoms with Crippen molar-refractivity contribution in [3.05, 3.63) is 28.8 Å². The van der Waals surface area contributed by atoms with E-state index in [0.29, 0.717) is 25.3 Å². The SMILES string of the molecule is O=C(N[C@H]1CCSC1=O)c1ccc(Cl)c(S(=O)(=O)N2CCCC2)c1. The van der Waals surface area contributed by atoms with Crippen LogP contribution in [-0.4, -0.2) is 48.6 Å². The number of carbonyl (C=O) groups is 2. The monoisotopic (exact) mass is 388 g/mol. The Labute approximate surface area is 150 Å². The highest BCUT2D eigenvalue weighted by Crippen LogP contribution is 2.28. The number of benzene rings is 1. The minimum Gasteiger partial charge on any atom is -0.341 e. The van der Waals surface area contributed by atoms with E-state index in [4.69, 9.17) is 11.6 Å². The molecule has 9 heteroatoms. The van der Waals surface area contributed by atoms with Crippen LogP contribution in [0.25, 0.3) is 0 Å². The summed E-state index contributed by atoms with van der Waals surface area (Å²) in [5.74, 6) is 0.212. The molecule has 0 radical (unpaired) electrons. The maximum Gasteiger partial charge on any atom is 0.251 e. The van der Waals surface area contributed by atoms with E-state index in [1.165, 1.54) is 34.3 Å². The summed E-state index contributed by atoms with van der Waals surface area (Å²) in [5.41, 5.74) is 0.182. The first kappa shape index (κ1) is 17.7. The molecule has 6 nitrogen and oxygen atoms in total. The average molecular weight is 389 g/mol. The molecule has 24 heavy (non-hydrogen) atoms. The molecule has 3 rings (SSSR count). The number of nitrogens with zero attached hydrogens (tertiary/aromatic N) is 1. The second kappa shape index (κ2) is 7.03. The lowest BCUT2D eigenvalue weighted by Gasteiger charge is -2.17. The van der Waals surface area contributed by atoms with Gasteiger partial charge in [-0.25, -0.2) is 8.42 Å². The van der Waals surface area contributed by atoms with Crippen LogP contribution in [0.15, 0.2) is 23.1 Å². The highest BCUT2D eigenvalue weighted by atomic mass is 35.5. The van der Waals surface area contributed by atoms with Crippen molar-refractivity contribution in [2.24, 2.45) is 0 Å². The molecule has 0 saturated carbocycles. The minimum absolute atomic E-state index is 0.0640. The van der Waals surface area contributed by atoms with Crippen molar-refractivity contribution in [3.8, 4) is 0 Å². The van der Waals surface area contributed by atoms with Gasteiger partial charge in [0.15, 0.2) is 0 Å². The molecule has 2 fully saturated rings. The molecule has 2 aliphatic rings. The van der Waals surface area contributed by atoms with Crippen molar-refractivity contribution >= 4 is 44.4 Å². The van der Waals surface area contributed by atoms with Gasteiger partial charge in [0.2, 0.25) is 15.1 Å². The van der Waals surface area contributed by atoms with Crippen LogP contribution in [0.1, 0.15) is 29.6 Å². The lowest BCUT2D eigenvalue weighted by molar-refractivity contribution is -0.112. The van der Waals surface area contributed by atoms with Crippen LogP contribution in [0, 0.1) is 0 Å². The fraction of sp³-hybridized carbons (Fsp3) is 0.467. The lowest BCUT2D eigenvalue weighted by Crippen LogP contribution is -2.37. The van der Waals surface area contributed by atoms with Gasteiger partial charge >= 0.3 is 0 Å². The fourth-order valence-corrected chi connectivity index (χ4v) is 5.73. The van der Waals surface area contributed by atoms with E-state index >= 15 is 0 Å². The molecule has 1 amide bonds. The van der Waals surface area contributed by atoms with Crippen molar-refractivity contribution in [2.75, 3.05) is 18.8 Å². The van der Waals surface area contributed by atoms with E-state index in [1.807, 2.05) is 0 Å². The number of amides is 1. The molecular weight excluding hydrogens is 372 g/mol. The van der Waals surface area contributed by atoms with Gasteiger partial charge in [0.05, 0.1) is 11.1 Å². The van der Waals surface area contributed by atoms with E-state index in [9.17, 15) is 18.0 Å². The molecule has 1 aromatic carbocycles. The number of nitrogens with one attached hydrogen (secondary N) is 1. The van der Waals surface area contributed by atoms with Gasteiger partial charge in [-0.3, -0.25) is 9.59 Å². The second-order valence-corrected chi connectivity index (χ2v) is 9.15. The van der Waals surface area contributed by atoms with Crippen LogP contribution < -0.4 is 5.32 Å². The van der Waals surface area contributed by atoms with Gasteiger partial charge in [-0.2, -0.15) is 4.31 Å². The number of hydrogen-bond acceptors (Lipinski definition) is 5. The zero-order chi connectivity index (χ0) is 17.3. The van der Waals surface area contributed by atoms with E-state index in [0.717, 1.165) is 12.8 Å². The highest BCUT2D eigenvalue weighted by molar-refractivity contribution is 8.14. The Kier molecular flexibility index (Phi) is 5.19. The smallest absolute Gasteiger partial charge is 0.251 e. The molecule has 1 N–H and O–H groups in total.